The molecule has 1 aromatic heterocycles. The van der Waals surface area contributed by atoms with Crippen LogP contribution >= 0.6 is 11.3 Å². The molecule has 2 aromatic rings. The van der Waals surface area contributed by atoms with Gasteiger partial charge in [0.15, 0.2) is 11.5 Å². The van der Waals surface area contributed by atoms with Gasteiger partial charge >= 0.3 is 5.97 Å². The molecule has 0 fully saturated rings. The zero-order valence-electron chi connectivity index (χ0n) is 11.2. The number of carboxylic acids is 1. The fraction of sp³-hybridized carbons (Fsp3) is 0. The number of hydrogen-bond acceptors (Lipinski definition) is 4. The molecule has 0 spiro atoms. The first-order chi connectivity index (χ1) is 10.6. The van der Waals surface area contributed by atoms with Crippen LogP contribution in [-0.4, -0.2) is 16.2 Å². The first kappa shape index (κ1) is 12.9. The van der Waals surface area contributed by atoms with Crippen LogP contribution in [0.15, 0.2) is 36.3 Å². The second-order valence-corrected chi connectivity index (χ2v) is 6.03. The molecular weight excluding hydrogens is 300 g/mol. The summed E-state index contributed by atoms with van der Waals surface area (Å²) in [6.07, 6.45) is 8.75. The molecule has 4 nitrogen and oxygen atoms in total. The van der Waals surface area contributed by atoms with Crippen molar-refractivity contribution in [1.29, 1.82) is 0 Å². The molecule has 22 heavy (non-hydrogen) atoms. The van der Waals surface area contributed by atoms with E-state index in [9.17, 15) is 15.0 Å². The maximum Gasteiger partial charge on any atom is 0.335 e. The Morgan fingerprint density at radius 1 is 1.27 bits per heavy atom. The summed E-state index contributed by atoms with van der Waals surface area (Å²) in [5.41, 5.74) is 1.15. The van der Waals surface area contributed by atoms with Crippen molar-refractivity contribution in [3.8, 4) is 5.75 Å². The van der Waals surface area contributed by atoms with E-state index in [1.54, 1.807) is 24.3 Å². The summed E-state index contributed by atoms with van der Waals surface area (Å²) in [5, 5.41) is 20.6. The number of allylic oxidation sites excluding steroid dienone is 2. The fourth-order valence-corrected chi connectivity index (χ4v) is 3.79. The number of benzene rings is 1. The topological polar surface area (TPSA) is 66.8 Å². The molecule has 0 bridgehead atoms. The van der Waals surface area contributed by atoms with Crippen LogP contribution in [0.25, 0.3) is 18.2 Å². The maximum atomic E-state index is 11.2. The van der Waals surface area contributed by atoms with E-state index >= 15 is 0 Å². The summed E-state index contributed by atoms with van der Waals surface area (Å²) in [7, 11) is 0. The van der Waals surface area contributed by atoms with Gasteiger partial charge in [0.25, 0.3) is 0 Å². The van der Waals surface area contributed by atoms with Gasteiger partial charge in [-0.3, -0.25) is 0 Å². The second kappa shape index (κ2) is 4.61. The molecule has 2 N–H and O–H groups in total. The highest BCUT2D eigenvalue weighted by molar-refractivity contribution is 7.08. The number of aliphatic hydroxyl groups is 1. The molecule has 0 amide bonds. The van der Waals surface area contributed by atoms with E-state index in [1.165, 1.54) is 17.6 Å². The van der Waals surface area contributed by atoms with Crippen LogP contribution in [-0.2, 0) is 0 Å². The third kappa shape index (κ3) is 1.87. The summed E-state index contributed by atoms with van der Waals surface area (Å²) in [6.45, 7) is 0. The molecule has 0 saturated carbocycles. The lowest BCUT2D eigenvalue weighted by Gasteiger charge is -2.04. The first-order valence-electron chi connectivity index (χ1n) is 6.60. The molecule has 0 radical (unpaired) electrons. The van der Waals surface area contributed by atoms with Gasteiger partial charge in [0.05, 0.1) is 10.1 Å². The molecule has 1 aliphatic heterocycles. The SMILES string of the molecule is O=C(O)c1ccc2c(c1)=c1sc3c(c1C=CC=2)OC=C(O)C=3. The van der Waals surface area contributed by atoms with E-state index < -0.39 is 5.97 Å². The van der Waals surface area contributed by atoms with E-state index in [4.69, 9.17) is 4.74 Å². The van der Waals surface area contributed by atoms with Crippen molar-refractivity contribution in [3.05, 3.63) is 66.9 Å². The number of carboxylic acid groups (broad SMARTS) is 1. The number of aromatic carboxylic acids is 1. The molecular formula is C17H10O4S. The van der Waals surface area contributed by atoms with E-state index in [0.717, 1.165) is 25.1 Å². The van der Waals surface area contributed by atoms with Gasteiger partial charge in [-0.05, 0) is 23.4 Å². The Morgan fingerprint density at radius 2 is 2.14 bits per heavy atom. The van der Waals surface area contributed by atoms with Crippen molar-refractivity contribution in [1.82, 2.24) is 0 Å². The van der Waals surface area contributed by atoms with E-state index in [2.05, 4.69) is 0 Å². The molecule has 2 heterocycles. The molecule has 1 aliphatic carbocycles. The number of thiophene rings is 1. The van der Waals surface area contributed by atoms with E-state index in [-0.39, 0.29) is 11.3 Å². The van der Waals surface area contributed by atoms with Crippen LogP contribution in [0.3, 0.4) is 0 Å². The Balaban J connectivity index is 2.21. The summed E-state index contributed by atoms with van der Waals surface area (Å²) in [4.78, 5) is 11.2. The minimum atomic E-state index is -0.954. The Morgan fingerprint density at radius 3 is 2.95 bits per heavy atom. The first-order valence-corrected chi connectivity index (χ1v) is 7.41. The average Bonchev–Trinajstić information content (AvgIpc) is 2.75. The normalized spacial score (nSPS) is 14.3. The summed E-state index contributed by atoms with van der Waals surface area (Å²) < 4.78 is 7.27. The Hall–Kier alpha value is -2.79. The van der Waals surface area contributed by atoms with Crippen LogP contribution in [0.5, 0.6) is 5.75 Å². The van der Waals surface area contributed by atoms with Crippen molar-refractivity contribution in [3.63, 3.8) is 0 Å². The number of fused-ring (bicyclic) bond motifs is 4. The van der Waals surface area contributed by atoms with Crippen molar-refractivity contribution in [2.24, 2.45) is 0 Å². The predicted molar refractivity (Wildman–Crippen MR) is 83.9 cm³/mol. The fourth-order valence-electron chi connectivity index (χ4n) is 2.58. The zero-order chi connectivity index (χ0) is 15.3. The van der Waals surface area contributed by atoms with Gasteiger partial charge in [0.2, 0.25) is 0 Å². The number of carbonyl (C=O) groups is 1. The second-order valence-electron chi connectivity index (χ2n) is 4.98. The van der Waals surface area contributed by atoms with Crippen molar-refractivity contribution >= 4 is 35.5 Å². The number of hydrogen-bond donors (Lipinski definition) is 2. The predicted octanol–water partition coefficient (Wildman–Crippen LogP) is 2.11. The summed E-state index contributed by atoms with van der Waals surface area (Å²) in [6, 6.07) is 5.08. The Kier molecular flexibility index (Phi) is 2.71. The van der Waals surface area contributed by atoms with Crippen molar-refractivity contribution in [2.45, 2.75) is 0 Å². The van der Waals surface area contributed by atoms with Gasteiger partial charge < -0.3 is 14.9 Å². The minimum absolute atomic E-state index is 0.0685. The zero-order valence-corrected chi connectivity index (χ0v) is 12.1. The standard InChI is InChI=1S/C17H10O4S/c18-11-7-14-15(21-8-11)12-3-1-2-9-4-5-10(17(19)20)6-13(9)16(12)22-14/h1-8,18H,(H,19,20). The van der Waals surface area contributed by atoms with Gasteiger partial charge in [0, 0.05) is 21.4 Å². The van der Waals surface area contributed by atoms with Crippen molar-refractivity contribution < 1.29 is 19.7 Å². The van der Waals surface area contributed by atoms with E-state index in [0.29, 0.717) is 5.75 Å². The number of ether oxygens (including phenoxy) is 1. The molecule has 0 atom stereocenters. The number of aliphatic hydroxyl groups excluding tert-OH is 1. The molecule has 108 valence electrons. The van der Waals surface area contributed by atoms with Gasteiger partial charge in [-0.1, -0.05) is 18.2 Å². The van der Waals surface area contributed by atoms with Crippen LogP contribution < -0.4 is 14.5 Å². The highest BCUT2D eigenvalue weighted by Gasteiger charge is 2.15. The van der Waals surface area contributed by atoms with Crippen LogP contribution in [0.2, 0.25) is 0 Å². The quantitative estimate of drug-likeness (QED) is 0.846. The molecule has 1 aromatic carbocycles. The smallest absolute Gasteiger partial charge is 0.335 e. The lowest BCUT2D eigenvalue weighted by Crippen LogP contribution is -2.06. The minimum Gasteiger partial charge on any atom is -0.505 e. The summed E-state index contributed by atoms with van der Waals surface area (Å²) in [5.74, 6) is -0.194. The molecule has 0 unspecified atom stereocenters. The third-order valence-corrected chi connectivity index (χ3v) is 4.75. The third-order valence-electron chi connectivity index (χ3n) is 3.59. The molecule has 0 saturated heterocycles. The number of rotatable bonds is 1. The van der Waals surface area contributed by atoms with Gasteiger partial charge in [-0.25, -0.2) is 4.79 Å². The highest BCUT2D eigenvalue weighted by atomic mass is 32.1. The largest absolute Gasteiger partial charge is 0.505 e. The Labute approximate surface area is 128 Å². The maximum absolute atomic E-state index is 11.2. The van der Waals surface area contributed by atoms with Crippen LogP contribution in [0.4, 0.5) is 0 Å². The monoisotopic (exact) mass is 310 g/mol. The van der Waals surface area contributed by atoms with Crippen LogP contribution in [0.1, 0.15) is 15.9 Å². The summed E-state index contributed by atoms with van der Waals surface area (Å²) >= 11 is 1.47. The molecule has 2 aliphatic rings. The highest BCUT2D eigenvalue weighted by Crippen LogP contribution is 2.26. The van der Waals surface area contributed by atoms with Crippen LogP contribution in [0, 0.1) is 9.75 Å². The van der Waals surface area contributed by atoms with E-state index in [1.807, 2.05) is 18.2 Å². The van der Waals surface area contributed by atoms with Crippen molar-refractivity contribution in [2.75, 3.05) is 0 Å². The lowest BCUT2D eigenvalue weighted by atomic mass is 10.1. The Bertz CT molecular complexity index is 1090. The van der Waals surface area contributed by atoms with Gasteiger partial charge in [-0.2, -0.15) is 0 Å². The lowest BCUT2D eigenvalue weighted by molar-refractivity contribution is 0.0697. The average molecular weight is 310 g/mol. The van der Waals surface area contributed by atoms with Gasteiger partial charge in [-0.15, -0.1) is 11.3 Å². The molecule has 4 rings (SSSR count). The molecule has 5 heteroatoms. The van der Waals surface area contributed by atoms with Gasteiger partial charge in [0.1, 0.15) is 6.26 Å².